The molecular weight excluding hydrogens is 609 g/mol. The van der Waals surface area contributed by atoms with Crippen LogP contribution in [0, 0.1) is 5.82 Å². The van der Waals surface area contributed by atoms with E-state index < -0.39 is 11.6 Å². The Kier molecular flexibility index (Phi) is 11.5. The fourth-order valence-electron chi connectivity index (χ4n) is 5.19. The molecule has 1 saturated heterocycles. The topological polar surface area (TPSA) is 153 Å². The van der Waals surface area contributed by atoms with Crippen LogP contribution in [0.1, 0.15) is 50.0 Å². The molecule has 0 unspecified atom stereocenters. The number of ether oxygens (including phenoxy) is 4. The van der Waals surface area contributed by atoms with E-state index in [4.69, 9.17) is 18.9 Å². The molecule has 0 radical (unpaired) electrons. The third-order valence-corrected chi connectivity index (χ3v) is 7.68. The first kappa shape index (κ1) is 33.5. The lowest BCUT2D eigenvalue weighted by atomic mass is 10.00. The number of methoxy groups -OCH3 is 1. The minimum Gasteiger partial charge on any atom is -0.494 e. The maximum Gasteiger partial charge on any atom is 0.251 e. The van der Waals surface area contributed by atoms with Crippen LogP contribution in [0.3, 0.4) is 0 Å². The molecule has 4 aromatic rings. The minimum absolute atomic E-state index is 0.0484. The first-order valence-corrected chi connectivity index (χ1v) is 15.4. The molecular formula is C34H38FN5O7. The number of nitrogens with one attached hydrogen (secondary N) is 4. The number of nitrogens with zero attached hydrogens (tertiary/aromatic N) is 1. The number of carbonyl (C=O) groups is 3. The molecule has 3 aromatic carbocycles. The zero-order chi connectivity index (χ0) is 33.2. The van der Waals surface area contributed by atoms with E-state index in [2.05, 4.69) is 26.1 Å². The predicted octanol–water partition coefficient (Wildman–Crippen LogP) is 3.26. The largest absolute Gasteiger partial charge is 0.494 e. The van der Waals surface area contributed by atoms with Crippen molar-refractivity contribution in [3.8, 4) is 11.5 Å². The second-order valence-electron chi connectivity index (χ2n) is 10.9. The number of ketones is 1. The van der Waals surface area contributed by atoms with Gasteiger partial charge in [-0.05, 0) is 42.8 Å². The van der Waals surface area contributed by atoms with Gasteiger partial charge in [-0.2, -0.15) is 5.10 Å². The Morgan fingerprint density at radius 1 is 0.830 bits per heavy atom. The molecule has 1 aromatic heterocycles. The van der Waals surface area contributed by atoms with Crippen LogP contribution >= 0.6 is 0 Å². The quantitative estimate of drug-likeness (QED) is 0.106. The van der Waals surface area contributed by atoms with Crippen LogP contribution in [-0.2, 0) is 9.47 Å². The summed E-state index contributed by atoms with van der Waals surface area (Å²) >= 11 is 0. The van der Waals surface area contributed by atoms with E-state index in [9.17, 15) is 14.4 Å². The van der Waals surface area contributed by atoms with Crippen molar-refractivity contribution in [1.29, 1.82) is 0 Å². The highest BCUT2D eigenvalue weighted by atomic mass is 19.1. The monoisotopic (exact) mass is 647 g/mol. The van der Waals surface area contributed by atoms with Crippen LogP contribution in [0.4, 0.5) is 4.39 Å². The maximum absolute atomic E-state index is 15.4. The van der Waals surface area contributed by atoms with Crippen LogP contribution in [0.2, 0.25) is 0 Å². The van der Waals surface area contributed by atoms with Gasteiger partial charge in [0, 0.05) is 41.8 Å². The summed E-state index contributed by atoms with van der Waals surface area (Å²) in [5.41, 5.74) is 1.40. The average molecular weight is 648 g/mol. The lowest BCUT2D eigenvalue weighted by Crippen LogP contribution is -2.51. The number of benzene rings is 3. The lowest BCUT2D eigenvalue weighted by Gasteiger charge is -2.21. The van der Waals surface area contributed by atoms with Gasteiger partial charge < -0.3 is 34.9 Å². The molecule has 1 aliphatic rings. The summed E-state index contributed by atoms with van der Waals surface area (Å²) in [6, 6.07) is 13.3. The number of rotatable bonds is 16. The van der Waals surface area contributed by atoms with E-state index in [0.717, 1.165) is 17.3 Å². The standard InChI is InChI=1S/C34H38FN5O7/c1-3-12-45-13-14-46-15-16-47-28-10-11-29(44-2)31(35)30(28)32(41)21-4-6-22(7-5-21)33(42)38-26-19-36-20-27(26)39-34(43)23-8-9-24-18-37-40-25(24)17-23/h4-11,17-18,26-27,36H,3,12-16,19-20H2,1-2H3,(H,37,40)(H,38,42)(H,39,43)/t26-,27+/m1/s1. The van der Waals surface area contributed by atoms with Crippen molar-refractivity contribution < 1.29 is 37.7 Å². The van der Waals surface area contributed by atoms with Gasteiger partial charge in [-0.15, -0.1) is 0 Å². The Morgan fingerprint density at radius 2 is 1.45 bits per heavy atom. The number of fused-ring (bicyclic) bond motifs is 1. The number of halogens is 1. The van der Waals surface area contributed by atoms with E-state index in [0.29, 0.717) is 44.0 Å². The third kappa shape index (κ3) is 8.30. The third-order valence-electron chi connectivity index (χ3n) is 7.68. The summed E-state index contributed by atoms with van der Waals surface area (Å²) in [4.78, 5) is 39.6. The Hall–Kier alpha value is -4.85. The Balaban J connectivity index is 1.20. The van der Waals surface area contributed by atoms with Gasteiger partial charge in [0.25, 0.3) is 11.8 Å². The number of amides is 2. The smallest absolute Gasteiger partial charge is 0.251 e. The fraction of sp³-hybridized carbons (Fsp3) is 0.353. The number of aromatic amines is 1. The summed E-state index contributed by atoms with van der Waals surface area (Å²) in [6.07, 6.45) is 2.60. The number of aromatic nitrogens is 2. The van der Waals surface area contributed by atoms with E-state index in [1.54, 1.807) is 18.3 Å². The number of H-pyrrole nitrogens is 1. The molecule has 5 rings (SSSR count). The summed E-state index contributed by atoms with van der Waals surface area (Å²) in [7, 11) is 1.31. The summed E-state index contributed by atoms with van der Waals surface area (Å²) in [6.45, 7) is 4.79. The van der Waals surface area contributed by atoms with Crippen molar-refractivity contribution in [3.05, 3.63) is 88.9 Å². The predicted molar refractivity (Wildman–Crippen MR) is 172 cm³/mol. The van der Waals surface area contributed by atoms with Gasteiger partial charge in [-0.3, -0.25) is 19.5 Å². The van der Waals surface area contributed by atoms with Crippen LogP contribution < -0.4 is 25.4 Å². The molecule has 4 N–H and O–H groups in total. The molecule has 1 aliphatic heterocycles. The molecule has 248 valence electrons. The molecule has 0 bridgehead atoms. The highest BCUT2D eigenvalue weighted by Crippen LogP contribution is 2.31. The SMILES string of the molecule is CCCOCCOCCOc1ccc(OC)c(F)c1C(=O)c1ccc(C(=O)N[C@@H]2CNC[C@@H]2NC(=O)c2ccc3cn[nH]c3c2)cc1. The minimum atomic E-state index is -0.850. The second kappa shape index (κ2) is 16.1. The van der Waals surface area contributed by atoms with E-state index in [-0.39, 0.29) is 59.7 Å². The maximum atomic E-state index is 15.4. The summed E-state index contributed by atoms with van der Waals surface area (Å²) in [5.74, 6) is -2.19. The van der Waals surface area contributed by atoms with Gasteiger partial charge in [0.15, 0.2) is 17.3 Å². The molecule has 0 spiro atoms. The van der Waals surface area contributed by atoms with Crippen molar-refractivity contribution >= 4 is 28.5 Å². The first-order chi connectivity index (χ1) is 22.9. The van der Waals surface area contributed by atoms with Crippen molar-refractivity contribution in [3.63, 3.8) is 0 Å². The van der Waals surface area contributed by atoms with Gasteiger partial charge in [0.2, 0.25) is 0 Å². The molecule has 47 heavy (non-hydrogen) atoms. The number of hydrogen-bond donors (Lipinski definition) is 4. The van der Waals surface area contributed by atoms with E-state index >= 15 is 4.39 Å². The van der Waals surface area contributed by atoms with Crippen LogP contribution in [0.25, 0.3) is 10.9 Å². The summed E-state index contributed by atoms with van der Waals surface area (Å²) in [5, 5.41) is 16.9. The first-order valence-electron chi connectivity index (χ1n) is 15.4. The number of carbonyl (C=O) groups excluding carboxylic acids is 3. The van der Waals surface area contributed by atoms with Crippen LogP contribution in [-0.4, -0.2) is 93.1 Å². The second-order valence-corrected chi connectivity index (χ2v) is 10.9. The Labute approximate surface area is 271 Å². The number of hydrogen-bond acceptors (Lipinski definition) is 9. The molecule has 0 aliphatic carbocycles. The lowest BCUT2D eigenvalue weighted by molar-refractivity contribution is 0.0364. The molecule has 0 saturated carbocycles. The van der Waals surface area contributed by atoms with E-state index in [1.165, 1.54) is 43.5 Å². The molecule has 1 fully saturated rings. The van der Waals surface area contributed by atoms with E-state index in [1.807, 2.05) is 13.0 Å². The van der Waals surface area contributed by atoms with Crippen LogP contribution in [0.5, 0.6) is 11.5 Å². The molecule has 2 atom stereocenters. The van der Waals surface area contributed by atoms with Crippen molar-refractivity contribution in [1.82, 2.24) is 26.1 Å². The van der Waals surface area contributed by atoms with Crippen molar-refractivity contribution in [2.75, 3.05) is 53.2 Å². The van der Waals surface area contributed by atoms with Crippen molar-refractivity contribution in [2.24, 2.45) is 0 Å². The van der Waals surface area contributed by atoms with Gasteiger partial charge in [-0.1, -0.05) is 25.1 Å². The molecule has 13 heteroatoms. The zero-order valence-corrected chi connectivity index (χ0v) is 26.3. The highest BCUT2D eigenvalue weighted by molar-refractivity contribution is 6.11. The highest BCUT2D eigenvalue weighted by Gasteiger charge is 2.30. The molecule has 2 heterocycles. The van der Waals surface area contributed by atoms with Gasteiger partial charge in [-0.25, -0.2) is 4.39 Å². The Morgan fingerprint density at radius 3 is 2.15 bits per heavy atom. The van der Waals surface area contributed by atoms with Gasteiger partial charge >= 0.3 is 0 Å². The summed E-state index contributed by atoms with van der Waals surface area (Å²) < 4.78 is 37.0. The van der Waals surface area contributed by atoms with Gasteiger partial charge in [0.1, 0.15) is 17.9 Å². The molecule has 12 nitrogen and oxygen atoms in total. The fourth-order valence-corrected chi connectivity index (χ4v) is 5.19. The Bertz CT molecular complexity index is 1690. The average Bonchev–Trinajstić information content (AvgIpc) is 3.74. The molecule has 2 amide bonds. The van der Waals surface area contributed by atoms with Crippen LogP contribution in [0.15, 0.2) is 60.8 Å². The van der Waals surface area contributed by atoms with Gasteiger partial charge in [0.05, 0.1) is 50.7 Å². The zero-order valence-electron chi connectivity index (χ0n) is 26.3. The normalized spacial score (nSPS) is 15.8. The van der Waals surface area contributed by atoms with Crippen molar-refractivity contribution in [2.45, 2.75) is 25.4 Å².